The second-order valence-electron chi connectivity index (χ2n) is 10.2. The Morgan fingerprint density at radius 3 is 2.05 bits per heavy atom. The number of halogens is 2. The fourth-order valence-electron chi connectivity index (χ4n) is 5.93. The van der Waals surface area contributed by atoms with Gasteiger partial charge in [0.05, 0.1) is 29.2 Å². The van der Waals surface area contributed by atoms with Crippen molar-refractivity contribution in [3.8, 4) is 0 Å². The molecule has 0 spiro atoms. The largest absolute Gasteiger partial charge is 0.297 e. The Kier molecular flexibility index (Phi) is 6.91. The Hall–Kier alpha value is -3.26. The molecule has 0 amide bonds. The van der Waals surface area contributed by atoms with Crippen LogP contribution in [0.15, 0.2) is 99.6 Å². The summed E-state index contributed by atoms with van der Waals surface area (Å²) < 4.78 is 14.5. The summed E-state index contributed by atoms with van der Waals surface area (Å²) in [5, 5.41) is 0. The third-order valence-electron chi connectivity index (χ3n) is 7.55. The molecule has 7 heteroatoms. The van der Waals surface area contributed by atoms with Gasteiger partial charge in [0.2, 0.25) is 0 Å². The Labute approximate surface area is 229 Å². The summed E-state index contributed by atoms with van der Waals surface area (Å²) in [6.45, 7) is 2.91. The fraction of sp³-hybridized carbons (Fsp3) is 0.258. The molecule has 1 fully saturated rings. The molecule has 0 N–H and O–H groups in total. The summed E-state index contributed by atoms with van der Waals surface area (Å²) in [4.78, 5) is 36.6. The molecule has 1 saturated heterocycles. The number of carbonyl (C=O) groups excluding carboxylic acids is 2. The second kappa shape index (κ2) is 10.5. The van der Waals surface area contributed by atoms with Gasteiger partial charge in [-0.2, -0.15) is 0 Å². The monoisotopic (exact) mass is 571 g/mol. The number of fused-ring (bicyclic) bond motifs is 1. The molecular weight excluding hydrogens is 545 g/mol. The van der Waals surface area contributed by atoms with Crippen LogP contribution in [0.3, 0.4) is 0 Å². The molecule has 3 aromatic carbocycles. The number of nitrogens with zero attached hydrogens (tertiary/aromatic N) is 3. The summed E-state index contributed by atoms with van der Waals surface area (Å²) in [6, 6.07) is 25.0. The minimum absolute atomic E-state index is 0.0186. The SMILES string of the molecule is O=C1CN(Cc2ccccc2)CC2=C1C(c1ccc(F)c(Br)c1)C1C(=O)CN(Cc3ccccc3)CC1=N2. The molecule has 3 aromatic rings. The number of hydrogen-bond donors (Lipinski definition) is 0. The number of likely N-dealkylation sites (tertiary alicyclic amines) is 1. The molecular formula is C31H27BrFN3O2. The molecule has 2 unspecified atom stereocenters. The lowest BCUT2D eigenvalue weighted by atomic mass is 9.70. The van der Waals surface area contributed by atoms with Gasteiger partial charge in [0.15, 0.2) is 11.6 Å². The minimum Gasteiger partial charge on any atom is -0.297 e. The third kappa shape index (κ3) is 4.94. The maximum atomic E-state index is 14.2. The normalized spacial score (nSPS) is 22.2. The molecule has 5 nitrogen and oxygen atoms in total. The van der Waals surface area contributed by atoms with Gasteiger partial charge in [-0.05, 0) is 44.8 Å². The maximum Gasteiger partial charge on any atom is 0.175 e. The smallest absolute Gasteiger partial charge is 0.175 e. The average molecular weight is 572 g/mol. The highest BCUT2D eigenvalue weighted by molar-refractivity contribution is 9.10. The number of piperidine rings is 1. The number of hydrogen-bond acceptors (Lipinski definition) is 5. The van der Waals surface area contributed by atoms with Crippen molar-refractivity contribution in [1.29, 1.82) is 0 Å². The van der Waals surface area contributed by atoms with E-state index in [0.717, 1.165) is 28.1 Å². The van der Waals surface area contributed by atoms with Gasteiger partial charge < -0.3 is 0 Å². The Morgan fingerprint density at radius 1 is 0.789 bits per heavy atom. The van der Waals surface area contributed by atoms with Gasteiger partial charge in [-0.15, -0.1) is 0 Å². The minimum atomic E-state index is -0.525. The van der Waals surface area contributed by atoms with Gasteiger partial charge in [-0.3, -0.25) is 24.4 Å². The summed E-state index contributed by atoms with van der Waals surface area (Å²) in [5.74, 6) is -1.34. The van der Waals surface area contributed by atoms with E-state index in [2.05, 4.69) is 50.0 Å². The topological polar surface area (TPSA) is 53.0 Å². The molecule has 3 heterocycles. The molecule has 192 valence electrons. The van der Waals surface area contributed by atoms with Gasteiger partial charge in [-0.1, -0.05) is 66.7 Å². The highest BCUT2D eigenvalue weighted by atomic mass is 79.9. The van der Waals surface area contributed by atoms with E-state index in [1.54, 1.807) is 12.1 Å². The first kappa shape index (κ1) is 25.0. The first-order valence-corrected chi connectivity index (χ1v) is 13.6. The molecule has 2 atom stereocenters. The van der Waals surface area contributed by atoms with Crippen molar-refractivity contribution in [2.75, 3.05) is 26.2 Å². The molecule has 38 heavy (non-hydrogen) atoms. The standard InChI is InChI=1S/C31H27BrFN3O2/c32-23-13-22(11-12-24(23)33)29-30-25(16-35(18-27(30)37)14-20-7-3-1-4-8-20)34-26-17-36(19-28(38)31(26)29)15-21-9-5-2-6-10-21/h1-13,29-30H,14-19H2. The van der Waals surface area contributed by atoms with Crippen LogP contribution in [0.1, 0.15) is 22.6 Å². The van der Waals surface area contributed by atoms with Crippen molar-refractivity contribution in [3.63, 3.8) is 0 Å². The first-order valence-electron chi connectivity index (χ1n) is 12.8. The molecule has 0 aliphatic carbocycles. The number of rotatable bonds is 5. The zero-order chi connectivity index (χ0) is 26.2. The first-order chi connectivity index (χ1) is 18.5. The number of carbonyl (C=O) groups is 2. The van der Waals surface area contributed by atoms with E-state index in [1.165, 1.54) is 6.07 Å². The Bertz CT molecular complexity index is 1450. The molecule has 3 aliphatic heterocycles. The van der Waals surface area contributed by atoms with Crippen LogP contribution >= 0.6 is 15.9 Å². The summed E-state index contributed by atoms with van der Waals surface area (Å²) in [5.41, 5.74) is 5.14. The van der Waals surface area contributed by atoms with Crippen molar-refractivity contribution >= 4 is 33.2 Å². The Balaban J connectivity index is 1.38. The zero-order valence-corrected chi connectivity index (χ0v) is 22.4. The molecule has 0 saturated carbocycles. The summed E-state index contributed by atoms with van der Waals surface area (Å²) in [7, 11) is 0. The lowest BCUT2D eigenvalue weighted by Crippen LogP contribution is -2.52. The van der Waals surface area contributed by atoms with Gasteiger partial charge in [-0.25, -0.2) is 4.39 Å². The zero-order valence-electron chi connectivity index (χ0n) is 20.8. The van der Waals surface area contributed by atoms with E-state index in [-0.39, 0.29) is 30.5 Å². The quantitative estimate of drug-likeness (QED) is 0.424. The summed E-state index contributed by atoms with van der Waals surface area (Å²) >= 11 is 3.30. The molecule has 0 aromatic heterocycles. The molecule has 3 aliphatic rings. The van der Waals surface area contributed by atoms with Gasteiger partial charge in [0, 0.05) is 43.4 Å². The van der Waals surface area contributed by atoms with E-state index in [9.17, 15) is 14.0 Å². The molecule has 6 rings (SSSR count). The Morgan fingerprint density at radius 2 is 1.42 bits per heavy atom. The van der Waals surface area contributed by atoms with E-state index >= 15 is 0 Å². The highest BCUT2D eigenvalue weighted by Crippen LogP contribution is 2.43. The van der Waals surface area contributed by atoms with E-state index in [0.29, 0.717) is 36.2 Å². The van der Waals surface area contributed by atoms with E-state index in [1.807, 2.05) is 36.4 Å². The van der Waals surface area contributed by atoms with Crippen LogP contribution in [0.4, 0.5) is 4.39 Å². The lowest BCUT2D eigenvalue weighted by molar-refractivity contribution is -0.123. The fourth-order valence-corrected chi connectivity index (χ4v) is 6.33. The lowest BCUT2D eigenvalue weighted by Gasteiger charge is -2.42. The second-order valence-corrected chi connectivity index (χ2v) is 11.1. The van der Waals surface area contributed by atoms with Gasteiger partial charge >= 0.3 is 0 Å². The number of ketones is 2. The van der Waals surface area contributed by atoms with Crippen molar-refractivity contribution < 1.29 is 14.0 Å². The van der Waals surface area contributed by atoms with E-state index < -0.39 is 11.8 Å². The predicted octanol–water partition coefficient (Wildman–Crippen LogP) is 5.17. The van der Waals surface area contributed by atoms with Crippen LogP contribution in [0.5, 0.6) is 0 Å². The average Bonchev–Trinajstić information content (AvgIpc) is 2.90. The maximum absolute atomic E-state index is 14.2. The van der Waals surface area contributed by atoms with E-state index in [4.69, 9.17) is 4.99 Å². The highest BCUT2D eigenvalue weighted by Gasteiger charge is 2.47. The number of benzene rings is 3. The van der Waals surface area contributed by atoms with Crippen LogP contribution < -0.4 is 0 Å². The summed E-state index contributed by atoms with van der Waals surface area (Å²) in [6.07, 6.45) is 0. The van der Waals surface area contributed by atoms with Crippen molar-refractivity contribution in [2.24, 2.45) is 10.9 Å². The molecule has 0 bridgehead atoms. The predicted molar refractivity (Wildman–Crippen MR) is 148 cm³/mol. The van der Waals surface area contributed by atoms with Crippen LogP contribution in [-0.4, -0.2) is 53.3 Å². The number of aliphatic imine (C=N–C) groups is 1. The van der Waals surface area contributed by atoms with Crippen LogP contribution in [0.25, 0.3) is 0 Å². The number of Topliss-reactive ketones (excluding diaryl/α,β-unsaturated/α-hetero) is 2. The van der Waals surface area contributed by atoms with Crippen LogP contribution in [0.2, 0.25) is 0 Å². The van der Waals surface area contributed by atoms with Crippen molar-refractivity contribution in [1.82, 2.24) is 9.80 Å². The van der Waals surface area contributed by atoms with Crippen LogP contribution in [0, 0.1) is 11.7 Å². The van der Waals surface area contributed by atoms with Gasteiger partial charge in [0.1, 0.15) is 5.82 Å². The molecule has 0 radical (unpaired) electrons. The van der Waals surface area contributed by atoms with Gasteiger partial charge in [0.25, 0.3) is 0 Å². The van der Waals surface area contributed by atoms with Crippen LogP contribution in [-0.2, 0) is 22.7 Å². The third-order valence-corrected chi connectivity index (χ3v) is 8.15. The van der Waals surface area contributed by atoms with Crippen molar-refractivity contribution in [2.45, 2.75) is 19.0 Å². The van der Waals surface area contributed by atoms with Crippen molar-refractivity contribution in [3.05, 3.63) is 117 Å².